The molecule has 6 heteroatoms. The highest BCUT2D eigenvalue weighted by Gasteiger charge is 2.50. The molecule has 30 heavy (non-hydrogen) atoms. The third-order valence-corrected chi connectivity index (χ3v) is 6.51. The van der Waals surface area contributed by atoms with Gasteiger partial charge in [0.1, 0.15) is 11.9 Å². The predicted octanol–water partition coefficient (Wildman–Crippen LogP) is 4.10. The van der Waals surface area contributed by atoms with Gasteiger partial charge in [-0.3, -0.25) is 0 Å². The van der Waals surface area contributed by atoms with Crippen molar-refractivity contribution in [2.45, 2.75) is 31.3 Å². The Bertz CT molecular complexity index is 1140. The van der Waals surface area contributed by atoms with Crippen LogP contribution in [0.5, 0.6) is 0 Å². The highest BCUT2D eigenvalue weighted by molar-refractivity contribution is 7.15. The molecule has 1 aliphatic rings. The number of benzene rings is 2. The Hall–Kier alpha value is -3.19. The van der Waals surface area contributed by atoms with Gasteiger partial charge in [-0.1, -0.05) is 43.0 Å². The van der Waals surface area contributed by atoms with Crippen LogP contribution in [0.3, 0.4) is 0 Å². The van der Waals surface area contributed by atoms with Crippen LogP contribution in [0.1, 0.15) is 34.4 Å². The van der Waals surface area contributed by atoms with E-state index in [1.165, 1.54) is 6.07 Å². The first-order chi connectivity index (χ1) is 14.7. The summed E-state index contributed by atoms with van der Waals surface area (Å²) in [6, 6.07) is 15.8. The Morgan fingerprint density at radius 3 is 2.57 bits per heavy atom. The van der Waals surface area contributed by atoms with Gasteiger partial charge >= 0.3 is 0 Å². The van der Waals surface area contributed by atoms with E-state index in [0.29, 0.717) is 5.56 Å². The third kappa shape index (κ3) is 3.68. The van der Waals surface area contributed by atoms with Crippen LogP contribution in [0.2, 0.25) is 0 Å². The highest BCUT2D eigenvalue weighted by atomic mass is 32.1. The molecule has 0 aliphatic carbocycles. The van der Waals surface area contributed by atoms with Crippen molar-refractivity contribution in [2.75, 3.05) is 11.5 Å². The molecule has 4 nitrogen and oxygen atoms in total. The maximum absolute atomic E-state index is 13.7. The topological polar surface area (TPSA) is 60.2 Å². The van der Waals surface area contributed by atoms with E-state index in [2.05, 4.69) is 29.8 Å². The highest BCUT2D eigenvalue weighted by Crippen LogP contribution is 2.44. The summed E-state index contributed by atoms with van der Waals surface area (Å²) in [7, 11) is 0. The van der Waals surface area contributed by atoms with Gasteiger partial charge in [-0.25, -0.2) is 9.37 Å². The van der Waals surface area contributed by atoms with Gasteiger partial charge in [0, 0.05) is 22.6 Å². The zero-order valence-corrected chi connectivity index (χ0v) is 17.2. The Morgan fingerprint density at radius 2 is 1.93 bits per heavy atom. The largest absolute Gasteiger partial charge is 0.394 e. The summed E-state index contributed by atoms with van der Waals surface area (Å²) < 4.78 is 13.7. The zero-order valence-electron chi connectivity index (χ0n) is 16.4. The average Bonchev–Trinajstić information content (AvgIpc) is 3.22. The molecule has 1 aliphatic heterocycles. The van der Waals surface area contributed by atoms with Gasteiger partial charge in [0.05, 0.1) is 24.3 Å². The average molecular weight is 418 g/mol. The lowest BCUT2D eigenvalue weighted by atomic mass is 9.76. The fraction of sp³-hybridized carbons (Fsp3) is 0.250. The second-order valence-electron chi connectivity index (χ2n) is 7.07. The first-order valence-electron chi connectivity index (χ1n) is 9.76. The number of rotatable bonds is 4. The molecule has 2 aromatic carbocycles. The number of hydrogen-bond donors (Lipinski definition) is 1. The molecule has 0 bridgehead atoms. The Kier molecular flexibility index (Phi) is 5.81. The van der Waals surface area contributed by atoms with Crippen molar-refractivity contribution in [2.24, 2.45) is 0 Å². The first kappa shape index (κ1) is 20.1. The summed E-state index contributed by atoms with van der Waals surface area (Å²) in [6.45, 7) is 2.01. The van der Waals surface area contributed by atoms with Crippen molar-refractivity contribution >= 4 is 16.5 Å². The van der Waals surface area contributed by atoms with Crippen molar-refractivity contribution in [1.82, 2.24) is 4.98 Å². The van der Waals surface area contributed by atoms with Gasteiger partial charge in [-0.2, -0.15) is 5.26 Å². The summed E-state index contributed by atoms with van der Waals surface area (Å²) in [5, 5.41) is 20.5. The monoisotopic (exact) mass is 417 g/mol. The van der Waals surface area contributed by atoms with E-state index in [0.717, 1.165) is 27.6 Å². The molecule has 1 N–H and O–H groups in total. The molecule has 0 spiro atoms. The van der Waals surface area contributed by atoms with Crippen LogP contribution in [-0.2, 0) is 6.42 Å². The quantitative estimate of drug-likeness (QED) is 0.650. The van der Waals surface area contributed by atoms with Crippen LogP contribution < -0.4 is 4.90 Å². The summed E-state index contributed by atoms with van der Waals surface area (Å²) >= 11 is 1.56. The molecule has 0 unspecified atom stereocenters. The second kappa shape index (κ2) is 8.67. The van der Waals surface area contributed by atoms with Crippen LogP contribution in [-0.4, -0.2) is 28.8 Å². The molecule has 3 atom stereocenters. The van der Waals surface area contributed by atoms with E-state index in [4.69, 9.17) is 0 Å². The lowest BCUT2D eigenvalue weighted by Gasteiger charge is -2.51. The standard InChI is InChI=1S/C24H20FN3OS/c1-2-19-14-27-24(30-19)28-21(13-26)23(22(28)15-29)18-11-8-16(9-12-18)7-10-17-5-3-4-6-20(17)25/h3-6,8-9,11-12,14,21-23,29H,2,15H2,1H3/t21-,22-,23+/m1/s1. The SMILES string of the molecule is CCc1cnc(N2[C@H](C#N)[C@H](c3ccc(C#Cc4ccccc4F)cc3)[C@H]2CO)s1. The molecular weight excluding hydrogens is 397 g/mol. The second-order valence-corrected chi connectivity index (χ2v) is 8.17. The summed E-state index contributed by atoms with van der Waals surface area (Å²) in [5.41, 5.74) is 2.09. The van der Waals surface area contributed by atoms with Crippen molar-refractivity contribution in [3.8, 4) is 17.9 Å². The molecule has 0 amide bonds. The minimum atomic E-state index is -0.381. The first-order valence-corrected chi connectivity index (χ1v) is 10.6. The number of anilines is 1. The van der Waals surface area contributed by atoms with Gasteiger partial charge < -0.3 is 10.0 Å². The van der Waals surface area contributed by atoms with Crippen molar-refractivity contribution in [3.05, 3.63) is 82.1 Å². The van der Waals surface area contributed by atoms with Crippen molar-refractivity contribution in [1.29, 1.82) is 5.26 Å². The molecule has 150 valence electrons. The maximum atomic E-state index is 13.7. The van der Waals surface area contributed by atoms with Gasteiger partial charge in [0.25, 0.3) is 0 Å². The van der Waals surface area contributed by atoms with Crippen LogP contribution in [0.15, 0.2) is 54.7 Å². The Morgan fingerprint density at radius 1 is 1.17 bits per heavy atom. The zero-order chi connectivity index (χ0) is 21.1. The summed E-state index contributed by atoms with van der Waals surface area (Å²) in [4.78, 5) is 7.51. The van der Waals surface area contributed by atoms with Crippen molar-refractivity contribution < 1.29 is 9.50 Å². The van der Waals surface area contributed by atoms with Crippen molar-refractivity contribution in [3.63, 3.8) is 0 Å². The van der Waals surface area contributed by atoms with Crippen LogP contribution in [0, 0.1) is 29.0 Å². The molecule has 1 saturated heterocycles. The van der Waals surface area contributed by atoms with E-state index in [-0.39, 0.29) is 30.4 Å². The Labute approximate surface area is 179 Å². The molecule has 0 saturated carbocycles. The molecule has 0 radical (unpaired) electrons. The van der Waals surface area contributed by atoms with E-state index in [1.54, 1.807) is 29.5 Å². The third-order valence-electron chi connectivity index (χ3n) is 5.35. The number of nitriles is 1. The van der Waals surface area contributed by atoms with Crippen LogP contribution in [0.25, 0.3) is 0 Å². The Balaban J connectivity index is 1.55. The number of aliphatic hydroxyl groups excluding tert-OH is 1. The summed E-state index contributed by atoms with van der Waals surface area (Å²) in [5.74, 6) is 5.38. The number of aliphatic hydroxyl groups is 1. The van der Waals surface area contributed by atoms with Crippen LogP contribution in [0.4, 0.5) is 9.52 Å². The van der Waals surface area contributed by atoms with E-state index < -0.39 is 0 Å². The molecule has 1 aromatic heterocycles. The number of thiazole rings is 1. The molecule has 1 fully saturated rings. The number of hydrogen-bond acceptors (Lipinski definition) is 5. The fourth-order valence-electron chi connectivity index (χ4n) is 3.74. The lowest BCUT2D eigenvalue weighted by Crippen LogP contribution is -2.63. The minimum Gasteiger partial charge on any atom is -0.394 e. The normalized spacial score (nSPS) is 20.1. The minimum absolute atomic E-state index is 0.0568. The van der Waals surface area contributed by atoms with Gasteiger partial charge in [-0.15, -0.1) is 11.3 Å². The van der Waals surface area contributed by atoms with E-state index in [9.17, 15) is 14.8 Å². The fourth-order valence-corrected chi connectivity index (χ4v) is 4.69. The van der Waals surface area contributed by atoms with E-state index >= 15 is 0 Å². The maximum Gasteiger partial charge on any atom is 0.186 e. The summed E-state index contributed by atoms with van der Waals surface area (Å²) in [6.07, 6.45) is 2.73. The number of aromatic nitrogens is 1. The predicted molar refractivity (Wildman–Crippen MR) is 116 cm³/mol. The lowest BCUT2D eigenvalue weighted by molar-refractivity contribution is 0.187. The van der Waals surface area contributed by atoms with Crippen LogP contribution >= 0.6 is 11.3 Å². The smallest absolute Gasteiger partial charge is 0.186 e. The van der Waals surface area contributed by atoms with Gasteiger partial charge in [0.15, 0.2) is 5.13 Å². The molecule has 4 rings (SSSR count). The number of nitrogens with zero attached hydrogens (tertiary/aromatic N) is 3. The van der Waals surface area contributed by atoms with Gasteiger partial charge in [0.2, 0.25) is 0 Å². The van der Waals surface area contributed by atoms with Gasteiger partial charge in [-0.05, 0) is 36.2 Å². The number of aryl methyl sites for hydroxylation is 1. The number of halogens is 1. The van der Waals surface area contributed by atoms with E-state index in [1.807, 2.05) is 35.4 Å². The molecule has 2 heterocycles. The molecule has 3 aromatic rings. The molecular formula is C24H20FN3OS.